The average molecular weight is 537 g/mol. The van der Waals surface area contributed by atoms with Crippen molar-refractivity contribution in [3.8, 4) is 0 Å². The topological polar surface area (TPSA) is 101 Å². The Hall–Kier alpha value is -3.72. The monoisotopic (exact) mass is 536 g/mol. The largest absolute Gasteiger partial charge is 0.444 e. The van der Waals surface area contributed by atoms with Crippen LogP contribution in [-0.4, -0.2) is 47.5 Å². The van der Waals surface area contributed by atoms with E-state index in [1.807, 2.05) is 69.3 Å². The second kappa shape index (κ2) is 12.7. The first-order valence-corrected chi connectivity index (χ1v) is 13.4. The highest BCUT2D eigenvalue weighted by Crippen LogP contribution is 2.26. The lowest BCUT2D eigenvalue weighted by molar-refractivity contribution is -0.114. The zero-order chi connectivity index (χ0) is 27.9. The number of ether oxygens (including phenoxy) is 1. The van der Waals surface area contributed by atoms with Gasteiger partial charge in [-0.15, -0.1) is 11.3 Å². The molecule has 38 heavy (non-hydrogen) atoms. The highest BCUT2D eigenvalue weighted by atomic mass is 32.1. The van der Waals surface area contributed by atoms with Crippen LogP contribution in [0.5, 0.6) is 0 Å². The summed E-state index contributed by atoms with van der Waals surface area (Å²) in [5.41, 5.74) is 3.99. The molecule has 0 fully saturated rings. The van der Waals surface area contributed by atoms with Gasteiger partial charge in [-0.1, -0.05) is 24.3 Å². The van der Waals surface area contributed by atoms with Crippen molar-refractivity contribution < 1.29 is 19.1 Å². The van der Waals surface area contributed by atoms with Crippen molar-refractivity contribution in [2.24, 2.45) is 0 Å². The van der Waals surface area contributed by atoms with Gasteiger partial charge in [-0.25, -0.2) is 9.78 Å². The van der Waals surface area contributed by atoms with E-state index in [9.17, 15) is 14.4 Å². The summed E-state index contributed by atoms with van der Waals surface area (Å²) in [6, 6.07) is 15.3. The highest BCUT2D eigenvalue weighted by Gasteiger charge is 2.16. The molecule has 3 amide bonds. The molecule has 3 rings (SSSR count). The molecule has 1 heterocycles. The number of aromatic nitrogens is 1. The summed E-state index contributed by atoms with van der Waals surface area (Å²) in [6.45, 7) is 6.95. The highest BCUT2D eigenvalue weighted by molar-refractivity contribution is 7.15. The third-order valence-corrected chi connectivity index (χ3v) is 6.63. The first kappa shape index (κ1) is 28.8. The van der Waals surface area contributed by atoms with Crippen LogP contribution in [0.25, 0.3) is 0 Å². The zero-order valence-corrected chi connectivity index (χ0v) is 23.7. The molecule has 0 spiro atoms. The molecule has 3 aromatic rings. The Kier molecular flexibility index (Phi) is 9.63. The van der Waals surface area contributed by atoms with Crippen molar-refractivity contribution in [3.05, 3.63) is 75.8 Å². The number of aryl methyl sites for hydroxylation is 4. The Morgan fingerprint density at radius 1 is 0.868 bits per heavy atom. The Morgan fingerprint density at radius 3 is 2.00 bits per heavy atom. The van der Waals surface area contributed by atoms with Gasteiger partial charge in [-0.05, 0) is 81.8 Å². The van der Waals surface area contributed by atoms with Gasteiger partial charge >= 0.3 is 6.09 Å². The van der Waals surface area contributed by atoms with Gasteiger partial charge in [0, 0.05) is 37.1 Å². The van der Waals surface area contributed by atoms with Gasteiger partial charge in [0.05, 0.1) is 5.69 Å². The number of nitrogens with one attached hydrogen (secondary N) is 2. The number of nitrogens with zero attached hydrogens (tertiary/aromatic N) is 2. The molecular weight excluding hydrogens is 500 g/mol. The molecule has 0 aliphatic heterocycles. The van der Waals surface area contributed by atoms with Crippen LogP contribution in [0.15, 0.2) is 48.5 Å². The summed E-state index contributed by atoms with van der Waals surface area (Å²) in [5.74, 6) is -0.166. The van der Waals surface area contributed by atoms with Crippen molar-refractivity contribution in [1.29, 1.82) is 0 Å². The minimum Gasteiger partial charge on any atom is -0.444 e. The zero-order valence-electron chi connectivity index (χ0n) is 22.9. The lowest BCUT2D eigenvalue weighted by Crippen LogP contribution is -2.27. The quantitative estimate of drug-likeness (QED) is 0.364. The van der Waals surface area contributed by atoms with E-state index in [0.717, 1.165) is 47.4 Å². The molecule has 2 aromatic carbocycles. The summed E-state index contributed by atoms with van der Waals surface area (Å²) in [5, 5.41) is 6.16. The maximum absolute atomic E-state index is 12.1. The Bertz CT molecular complexity index is 1260. The number of anilines is 2. The summed E-state index contributed by atoms with van der Waals surface area (Å²) in [6.07, 6.45) is 2.59. The predicted octanol–water partition coefficient (Wildman–Crippen LogP) is 5.72. The van der Waals surface area contributed by atoms with Gasteiger partial charge in [-0.2, -0.15) is 0 Å². The molecule has 0 saturated heterocycles. The number of hydrogen-bond donors (Lipinski definition) is 2. The van der Waals surface area contributed by atoms with Crippen LogP contribution in [0.1, 0.15) is 59.8 Å². The molecule has 0 unspecified atom stereocenters. The van der Waals surface area contributed by atoms with Crippen LogP contribution >= 0.6 is 11.3 Å². The maximum Gasteiger partial charge on any atom is 0.412 e. The fraction of sp³-hybridized carbons (Fsp3) is 0.379. The molecule has 2 N–H and O–H groups in total. The van der Waals surface area contributed by atoms with Gasteiger partial charge in [0.2, 0.25) is 5.91 Å². The van der Waals surface area contributed by atoms with E-state index in [2.05, 4.69) is 15.6 Å². The van der Waals surface area contributed by atoms with Gasteiger partial charge in [0.25, 0.3) is 5.91 Å². The van der Waals surface area contributed by atoms with E-state index in [1.54, 1.807) is 19.0 Å². The number of carbonyl (C=O) groups excluding carboxylic acids is 3. The summed E-state index contributed by atoms with van der Waals surface area (Å²) in [7, 11) is 3.48. The van der Waals surface area contributed by atoms with E-state index in [0.29, 0.717) is 16.4 Å². The predicted molar refractivity (Wildman–Crippen MR) is 152 cm³/mol. The SMILES string of the molecule is CC(=O)Nc1nc(CCc2ccc(NC(=O)OC(C)(C)C)cc2)c(CCc2ccc(C(=O)N(C)C)cc2)s1. The third-order valence-electron chi connectivity index (χ3n) is 5.56. The Morgan fingerprint density at radius 2 is 1.45 bits per heavy atom. The molecule has 202 valence electrons. The van der Waals surface area contributed by atoms with Crippen LogP contribution in [0.2, 0.25) is 0 Å². The molecule has 0 atom stereocenters. The van der Waals surface area contributed by atoms with Crippen LogP contribution < -0.4 is 10.6 Å². The van der Waals surface area contributed by atoms with Crippen molar-refractivity contribution in [2.45, 2.75) is 59.0 Å². The second-order valence-corrected chi connectivity index (χ2v) is 11.4. The second-order valence-electron chi connectivity index (χ2n) is 10.3. The third kappa shape index (κ3) is 8.99. The van der Waals surface area contributed by atoms with E-state index < -0.39 is 11.7 Å². The number of benzene rings is 2. The van der Waals surface area contributed by atoms with E-state index in [4.69, 9.17) is 4.74 Å². The van der Waals surface area contributed by atoms with E-state index in [-0.39, 0.29) is 11.8 Å². The van der Waals surface area contributed by atoms with Gasteiger partial charge < -0.3 is 15.0 Å². The Labute approximate surface area is 228 Å². The lowest BCUT2D eigenvalue weighted by Gasteiger charge is -2.19. The molecule has 0 saturated carbocycles. The van der Waals surface area contributed by atoms with Crippen molar-refractivity contribution in [2.75, 3.05) is 24.7 Å². The molecule has 0 aliphatic rings. The van der Waals surface area contributed by atoms with Crippen LogP contribution in [0.4, 0.5) is 15.6 Å². The molecule has 8 nitrogen and oxygen atoms in total. The molecule has 0 radical (unpaired) electrons. The minimum absolute atomic E-state index is 0.0186. The first-order valence-electron chi connectivity index (χ1n) is 12.6. The van der Waals surface area contributed by atoms with E-state index in [1.165, 1.54) is 18.3 Å². The van der Waals surface area contributed by atoms with Crippen LogP contribution in [0.3, 0.4) is 0 Å². The molecular formula is C29H36N4O4S. The lowest BCUT2D eigenvalue weighted by atomic mass is 10.0. The van der Waals surface area contributed by atoms with Gasteiger partial charge in [0.1, 0.15) is 5.60 Å². The van der Waals surface area contributed by atoms with Gasteiger partial charge in [-0.3, -0.25) is 14.9 Å². The molecule has 0 bridgehead atoms. The van der Waals surface area contributed by atoms with Crippen molar-refractivity contribution in [1.82, 2.24) is 9.88 Å². The minimum atomic E-state index is -0.556. The smallest absolute Gasteiger partial charge is 0.412 e. The number of thiazole rings is 1. The maximum atomic E-state index is 12.1. The number of hydrogen-bond acceptors (Lipinski definition) is 6. The average Bonchev–Trinajstić information content (AvgIpc) is 3.21. The van der Waals surface area contributed by atoms with Gasteiger partial charge in [0.15, 0.2) is 5.13 Å². The summed E-state index contributed by atoms with van der Waals surface area (Å²) >= 11 is 1.50. The summed E-state index contributed by atoms with van der Waals surface area (Å²) in [4.78, 5) is 43.1. The first-order chi connectivity index (χ1) is 17.9. The number of rotatable bonds is 9. The van der Waals surface area contributed by atoms with Crippen molar-refractivity contribution >= 4 is 40.1 Å². The molecule has 0 aliphatic carbocycles. The number of amides is 3. The molecule has 9 heteroatoms. The normalized spacial score (nSPS) is 11.1. The fourth-order valence-electron chi connectivity index (χ4n) is 3.75. The van der Waals surface area contributed by atoms with Crippen LogP contribution in [-0.2, 0) is 35.2 Å². The number of carbonyl (C=O) groups is 3. The standard InChI is InChI=1S/C29H36N4O4S/c1-19(34)30-27-32-24(17-11-21-9-15-23(16-10-21)31-28(36)37-29(2,3)4)25(38-27)18-12-20-7-13-22(14-8-20)26(35)33(5)6/h7-10,13-16H,11-12,17-18H2,1-6H3,(H,31,36)(H,30,32,34). The Balaban J connectivity index is 1.64. The van der Waals surface area contributed by atoms with E-state index >= 15 is 0 Å². The fourth-order valence-corrected chi connectivity index (χ4v) is 4.80. The molecule has 1 aromatic heterocycles. The van der Waals surface area contributed by atoms with Crippen molar-refractivity contribution in [3.63, 3.8) is 0 Å². The van der Waals surface area contributed by atoms with Crippen LogP contribution in [0, 0.1) is 0 Å². The summed E-state index contributed by atoms with van der Waals surface area (Å²) < 4.78 is 5.30.